The molecule has 0 aromatic heterocycles. The SMILES string of the molecule is C[C@@H](NS(=O)(=O)c1ccc(F)cc1)c1ccc2ccccc2c1. The van der Waals surface area contributed by atoms with E-state index in [2.05, 4.69) is 4.72 Å². The molecule has 0 aliphatic rings. The van der Waals surface area contributed by atoms with Gasteiger partial charge in [-0.05, 0) is 53.6 Å². The van der Waals surface area contributed by atoms with Gasteiger partial charge in [0.25, 0.3) is 0 Å². The van der Waals surface area contributed by atoms with Crippen LogP contribution in [0.3, 0.4) is 0 Å². The van der Waals surface area contributed by atoms with Gasteiger partial charge in [0.05, 0.1) is 4.90 Å². The molecule has 23 heavy (non-hydrogen) atoms. The number of halogens is 1. The third-order valence-corrected chi connectivity index (χ3v) is 5.29. The van der Waals surface area contributed by atoms with Crippen molar-refractivity contribution >= 4 is 20.8 Å². The van der Waals surface area contributed by atoms with Crippen LogP contribution in [0.1, 0.15) is 18.5 Å². The molecule has 0 aliphatic heterocycles. The summed E-state index contributed by atoms with van der Waals surface area (Å²) in [5, 5.41) is 2.16. The molecule has 0 saturated carbocycles. The summed E-state index contributed by atoms with van der Waals surface area (Å²) < 4.78 is 40.3. The van der Waals surface area contributed by atoms with Crippen LogP contribution in [0.2, 0.25) is 0 Å². The van der Waals surface area contributed by atoms with Gasteiger partial charge >= 0.3 is 0 Å². The van der Waals surface area contributed by atoms with E-state index in [0.717, 1.165) is 28.5 Å². The lowest BCUT2D eigenvalue weighted by molar-refractivity contribution is 0.566. The normalized spacial score (nSPS) is 13.1. The summed E-state index contributed by atoms with van der Waals surface area (Å²) in [5.74, 6) is -0.466. The maximum absolute atomic E-state index is 12.9. The minimum atomic E-state index is -3.69. The molecule has 3 aromatic rings. The van der Waals surface area contributed by atoms with Gasteiger partial charge in [-0.25, -0.2) is 17.5 Å². The van der Waals surface area contributed by atoms with Crippen LogP contribution < -0.4 is 4.72 Å². The summed E-state index contributed by atoms with van der Waals surface area (Å²) in [6.07, 6.45) is 0. The van der Waals surface area contributed by atoms with Crippen molar-refractivity contribution < 1.29 is 12.8 Å². The second-order valence-electron chi connectivity index (χ2n) is 5.40. The zero-order chi connectivity index (χ0) is 16.4. The van der Waals surface area contributed by atoms with E-state index in [-0.39, 0.29) is 4.90 Å². The highest BCUT2D eigenvalue weighted by Gasteiger charge is 2.18. The summed E-state index contributed by atoms with van der Waals surface area (Å²) in [6, 6.07) is 18.1. The molecule has 3 rings (SSSR count). The Morgan fingerprint density at radius 2 is 1.57 bits per heavy atom. The molecule has 0 heterocycles. The molecule has 0 bridgehead atoms. The number of nitrogens with one attached hydrogen (secondary N) is 1. The van der Waals surface area contributed by atoms with Crippen LogP contribution in [-0.2, 0) is 10.0 Å². The summed E-state index contributed by atoms with van der Waals surface area (Å²) in [5.41, 5.74) is 0.870. The average Bonchev–Trinajstić information content (AvgIpc) is 2.54. The molecule has 0 radical (unpaired) electrons. The number of hydrogen-bond donors (Lipinski definition) is 1. The predicted octanol–water partition coefficient (Wildman–Crippen LogP) is 4.02. The Labute approximate surface area is 134 Å². The molecule has 1 N–H and O–H groups in total. The molecular formula is C18H16FNO2S. The zero-order valence-electron chi connectivity index (χ0n) is 12.5. The van der Waals surface area contributed by atoms with E-state index in [9.17, 15) is 12.8 Å². The third-order valence-electron chi connectivity index (χ3n) is 3.73. The maximum atomic E-state index is 12.9. The number of hydrogen-bond acceptors (Lipinski definition) is 2. The van der Waals surface area contributed by atoms with Crippen LogP contribution in [0.5, 0.6) is 0 Å². The summed E-state index contributed by atoms with van der Waals surface area (Å²) in [6.45, 7) is 1.78. The Balaban J connectivity index is 1.87. The van der Waals surface area contributed by atoms with Crippen molar-refractivity contribution in [2.75, 3.05) is 0 Å². The Bertz CT molecular complexity index is 937. The molecule has 118 valence electrons. The van der Waals surface area contributed by atoms with E-state index in [4.69, 9.17) is 0 Å². The van der Waals surface area contributed by atoms with E-state index in [1.165, 1.54) is 12.1 Å². The lowest BCUT2D eigenvalue weighted by atomic mass is 10.0. The second-order valence-corrected chi connectivity index (χ2v) is 7.12. The molecule has 0 spiro atoms. The molecule has 5 heteroatoms. The topological polar surface area (TPSA) is 46.2 Å². The van der Waals surface area contributed by atoms with Gasteiger partial charge in [0.15, 0.2) is 0 Å². The van der Waals surface area contributed by atoms with E-state index in [0.29, 0.717) is 0 Å². The van der Waals surface area contributed by atoms with Crippen LogP contribution in [-0.4, -0.2) is 8.42 Å². The van der Waals surface area contributed by atoms with Crippen LogP contribution in [0.4, 0.5) is 4.39 Å². The first-order valence-corrected chi connectivity index (χ1v) is 8.71. The lowest BCUT2D eigenvalue weighted by Crippen LogP contribution is -2.26. The molecule has 3 aromatic carbocycles. The molecule has 0 amide bonds. The van der Waals surface area contributed by atoms with Crippen LogP contribution in [0.25, 0.3) is 10.8 Å². The van der Waals surface area contributed by atoms with Gasteiger partial charge in [-0.2, -0.15) is 0 Å². The van der Waals surface area contributed by atoms with Crippen molar-refractivity contribution in [3.63, 3.8) is 0 Å². The summed E-state index contributed by atoms with van der Waals surface area (Å²) in [4.78, 5) is 0.0477. The van der Waals surface area contributed by atoms with Crippen LogP contribution >= 0.6 is 0 Å². The van der Waals surface area contributed by atoms with Gasteiger partial charge in [-0.1, -0.05) is 36.4 Å². The summed E-state index contributed by atoms with van der Waals surface area (Å²) >= 11 is 0. The maximum Gasteiger partial charge on any atom is 0.241 e. The molecule has 0 aliphatic carbocycles. The van der Waals surface area contributed by atoms with Crippen LogP contribution in [0, 0.1) is 5.82 Å². The highest BCUT2D eigenvalue weighted by atomic mass is 32.2. The second kappa shape index (κ2) is 6.10. The quantitative estimate of drug-likeness (QED) is 0.786. The minimum Gasteiger partial charge on any atom is -0.207 e. The third kappa shape index (κ3) is 3.41. The largest absolute Gasteiger partial charge is 0.241 e. The van der Waals surface area contributed by atoms with Gasteiger partial charge in [0.1, 0.15) is 5.82 Å². The van der Waals surface area contributed by atoms with E-state index in [1.807, 2.05) is 42.5 Å². The fourth-order valence-corrected chi connectivity index (χ4v) is 3.69. The number of sulfonamides is 1. The molecular weight excluding hydrogens is 313 g/mol. The number of benzene rings is 3. The van der Waals surface area contributed by atoms with Gasteiger partial charge < -0.3 is 0 Å². The molecule has 1 atom stereocenters. The van der Waals surface area contributed by atoms with Gasteiger partial charge in [-0.3, -0.25) is 0 Å². The van der Waals surface area contributed by atoms with Gasteiger partial charge in [0.2, 0.25) is 10.0 Å². The summed E-state index contributed by atoms with van der Waals surface area (Å²) in [7, 11) is -3.69. The first-order valence-electron chi connectivity index (χ1n) is 7.22. The Hall–Kier alpha value is -2.24. The van der Waals surface area contributed by atoms with E-state index < -0.39 is 21.9 Å². The van der Waals surface area contributed by atoms with Crippen molar-refractivity contribution in [1.82, 2.24) is 4.72 Å². The van der Waals surface area contributed by atoms with Crippen LogP contribution in [0.15, 0.2) is 71.6 Å². The number of fused-ring (bicyclic) bond motifs is 1. The van der Waals surface area contributed by atoms with Crippen molar-refractivity contribution in [1.29, 1.82) is 0 Å². The van der Waals surface area contributed by atoms with E-state index >= 15 is 0 Å². The lowest BCUT2D eigenvalue weighted by Gasteiger charge is -2.15. The van der Waals surface area contributed by atoms with Gasteiger partial charge in [-0.15, -0.1) is 0 Å². The molecule has 0 saturated heterocycles. The fourth-order valence-electron chi connectivity index (χ4n) is 2.46. The Morgan fingerprint density at radius 1 is 0.913 bits per heavy atom. The highest BCUT2D eigenvalue weighted by Crippen LogP contribution is 2.22. The zero-order valence-corrected chi connectivity index (χ0v) is 13.3. The highest BCUT2D eigenvalue weighted by molar-refractivity contribution is 7.89. The van der Waals surface area contributed by atoms with Crippen molar-refractivity contribution in [2.24, 2.45) is 0 Å². The first-order chi connectivity index (χ1) is 11.0. The molecule has 0 unspecified atom stereocenters. The minimum absolute atomic E-state index is 0.0477. The van der Waals surface area contributed by atoms with Gasteiger partial charge in [0, 0.05) is 6.04 Å². The van der Waals surface area contributed by atoms with Crippen molar-refractivity contribution in [2.45, 2.75) is 17.9 Å². The van der Waals surface area contributed by atoms with Crippen molar-refractivity contribution in [3.05, 3.63) is 78.1 Å². The van der Waals surface area contributed by atoms with Crippen molar-refractivity contribution in [3.8, 4) is 0 Å². The smallest absolute Gasteiger partial charge is 0.207 e. The van der Waals surface area contributed by atoms with E-state index in [1.54, 1.807) is 6.92 Å². The molecule has 0 fully saturated rings. The Kier molecular flexibility index (Phi) is 4.15. The Morgan fingerprint density at radius 3 is 2.26 bits per heavy atom. The predicted molar refractivity (Wildman–Crippen MR) is 89.1 cm³/mol. The fraction of sp³-hybridized carbons (Fsp3) is 0.111. The first kappa shape index (κ1) is 15.6. The molecule has 3 nitrogen and oxygen atoms in total. The average molecular weight is 329 g/mol. The standard InChI is InChI=1S/C18H16FNO2S/c1-13(15-7-6-14-4-2-3-5-16(14)12-15)20-23(21,22)18-10-8-17(19)9-11-18/h2-13,20H,1H3/t13-/m1/s1. The monoisotopic (exact) mass is 329 g/mol. The number of rotatable bonds is 4.